The summed E-state index contributed by atoms with van der Waals surface area (Å²) in [5.41, 5.74) is 3.51. The Morgan fingerprint density at radius 3 is 2.79 bits per heavy atom. The summed E-state index contributed by atoms with van der Waals surface area (Å²) < 4.78 is 0. The van der Waals surface area contributed by atoms with Crippen molar-refractivity contribution in [2.24, 2.45) is 5.84 Å². The van der Waals surface area contributed by atoms with Gasteiger partial charge < -0.3 is 5.32 Å². The molecular formula is C13H24N6. The van der Waals surface area contributed by atoms with Gasteiger partial charge in [-0.2, -0.15) is 4.98 Å². The van der Waals surface area contributed by atoms with E-state index in [1.807, 2.05) is 6.92 Å². The summed E-state index contributed by atoms with van der Waals surface area (Å²) in [7, 11) is 0. The molecule has 2 heterocycles. The van der Waals surface area contributed by atoms with Crippen LogP contribution in [0.5, 0.6) is 0 Å². The Morgan fingerprint density at radius 2 is 2.11 bits per heavy atom. The molecular weight excluding hydrogens is 240 g/mol. The van der Waals surface area contributed by atoms with Crippen molar-refractivity contribution >= 4 is 11.8 Å². The number of anilines is 2. The standard InChI is InChI=1S/C13H24N6/c1-10-8-16-13(18-14)17-12(10)15-9-11(2)19-6-4-3-5-7-19/h8,11H,3-7,9,14H2,1-2H3,(H2,15,16,17,18). The van der Waals surface area contributed by atoms with E-state index in [0.717, 1.165) is 17.9 Å². The highest BCUT2D eigenvalue weighted by Gasteiger charge is 2.16. The Bertz CT molecular complexity index is 402. The molecule has 0 aromatic carbocycles. The molecule has 6 nitrogen and oxygen atoms in total. The van der Waals surface area contributed by atoms with Crippen molar-refractivity contribution in [3.8, 4) is 0 Å². The normalized spacial score (nSPS) is 18.1. The van der Waals surface area contributed by atoms with Gasteiger partial charge in [-0.15, -0.1) is 0 Å². The van der Waals surface area contributed by atoms with Crippen molar-refractivity contribution in [1.82, 2.24) is 14.9 Å². The summed E-state index contributed by atoms with van der Waals surface area (Å²) in [4.78, 5) is 10.9. The molecule has 4 N–H and O–H groups in total. The smallest absolute Gasteiger partial charge is 0.239 e. The van der Waals surface area contributed by atoms with E-state index in [1.54, 1.807) is 6.20 Å². The number of nitrogens with one attached hydrogen (secondary N) is 2. The fourth-order valence-corrected chi connectivity index (χ4v) is 2.42. The van der Waals surface area contributed by atoms with Crippen LogP contribution < -0.4 is 16.6 Å². The number of nitrogen functional groups attached to an aromatic ring is 1. The van der Waals surface area contributed by atoms with Crippen LogP contribution in [-0.2, 0) is 0 Å². The van der Waals surface area contributed by atoms with Gasteiger partial charge in [-0.1, -0.05) is 6.42 Å². The molecule has 19 heavy (non-hydrogen) atoms. The number of likely N-dealkylation sites (tertiary alicyclic amines) is 1. The van der Waals surface area contributed by atoms with Crippen LogP contribution in [0.4, 0.5) is 11.8 Å². The lowest BCUT2D eigenvalue weighted by molar-refractivity contribution is 0.180. The first-order valence-electron chi connectivity index (χ1n) is 6.99. The summed E-state index contributed by atoms with van der Waals surface area (Å²) in [6.45, 7) is 7.56. The molecule has 106 valence electrons. The van der Waals surface area contributed by atoms with E-state index in [9.17, 15) is 0 Å². The lowest BCUT2D eigenvalue weighted by atomic mass is 10.1. The third-order valence-electron chi connectivity index (χ3n) is 3.68. The second kappa shape index (κ2) is 6.68. The average Bonchev–Trinajstić information content (AvgIpc) is 2.47. The third kappa shape index (κ3) is 3.78. The molecule has 0 aliphatic carbocycles. The zero-order valence-electron chi connectivity index (χ0n) is 11.8. The van der Waals surface area contributed by atoms with E-state index in [-0.39, 0.29) is 0 Å². The van der Waals surface area contributed by atoms with E-state index >= 15 is 0 Å². The maximum Gasteiger partial charge on any atom is 0.239 e. The Hall–Kier alpha value is -1.40. The molecule has 1 aliphatic rings. The molecule has 1 aromatic rings. The first-order chi connectivity index (χ1) is 9.20. The number of hydrazine groups is 1. The van der Waals surface area contributed by atoms with Crippen LogP contribution in [0.15, 0.2) is 6.20 Å². The monoisotopic (exact) mass is 264 g/mol. The highest BCUT2D eigenvalue weighted by Crippen LogP contribution is 2.15. The highest BCUT2D eigenvalue weighted by molar-refractivity contribution is 5.46. The molecule has 2 rings (SSSR count). The molecule has 6 heteroatoms. The number of hydrogen-bond donors (Lipinski definition) is 3. The second-order valence-electron chi connectivity index (χ2n) is 5.20. The number of rotatable bonds is 5. The minimum atomic E-state index is 0.443. The minimum absolute atomic E-state index is 0.443. The fraction of sp³-hybridized carbons (Fsp3) is 0.692. The molecule has 1 saturated heterocycles. The molecule has 0 saturated carbocycles. The van der Waals surface area contributed by atoms with Gasteiger partial charge in [0.05, 0.1) is 0 Å². The quantitative estimate of drug-likeness (QED) is 0.550. The number of aryl methyl sites for hydroxylation is 1. The third-order valence-corrected chi connectivity index (χ3v) is 3.68. The Morgan fingerprint density at radius 1 is 1.37 bits per heavy atom. The second-order valence-corrected chi connectivity index (χ2v) is 5.20. The summed E-state index contributed by atoms with van der Waals surface area (Å²) in [6.07, 6.45) is 5.78. The SMILES string of the molecule is Cc1cnc(NN)nc1NCC(C)N1CCCCC1. The van der Waals surface area contributed by atoms with Gasteiger partial charge in [0.1, 0.15) is 5.82 Å². The predicted molar refractivity (Wildman–Crippen MR) is 78.0 cm³/mol. The van der Waals surface area contributed by atoms with Crippen LogP contribution in [0.25, 0.3) is 0 Å². The molecule has 1 fully saturated rings. The van der Waals surface area contributed by atoms with Crippen LogP contribution >= 0.6 is 0 Å². The highest BCUT2D eigenvalue weighted by atomic mass is 15.3. The average molecular weight is 264 g/mol. The molecule has 0 amide bonds. The van der Waals surface area contributed by atoms with Gasteiger partial charge in [-0.25, -0.2) is 10.8 Å². The van der Waals surface area contributed by atoms with Crippen molar-refractivity contribution in [3.63, 3.8) is 0 Å². The maximum absolute atomic E-state index is 5.33. The predicted octanol–water partition coefficient (Wildman–Crippen LogP) is 1.36. The van der Waals surface area contributed by atoms with Gasteiger partial charge in [0.25, 0.3) is 0 Å². The first-order valence-corrected chi connectivity index (χ1v) is 6.99. The van der Waals surface area contributed by atoms with Crippen LogP contribution in [0.1, 0.15) is 31.7 Å². The Balaban J connectivity index is 1.90. The Labute approximate surface area is 114 Å². The van der Waals surface area contributed by atoms with Crippen molar-refractivity contribution in [2.75, 3.05) is 30.4 Å². The number of hydrogen-bond acceptors (Lipinski definition) is 6. The zero-order chi connectivity index (χ0) is 13.7. The lowest BCUT2D eigenvalue weighted by Crippen LogP contribution is -2.41. The summed E-state index contributed by atoms with van der Waals surface area (Å²) in [5.74, 6) is 6.63. The van der Waals surface area contributed by atoms with Gasteiger partial charge in [-0.05, 0) is 39.8 Å². The topological polar surface area (TPSA) is 79.1 Å². The minimum Gasteiger partial charge on any atom is -0.368 e. The largest absolute Gasteiger partial charge is 0.368 e. The molecule has 0 spiro atoms. The van der Waals surface area contributed by atoms with E-state index in [0.29, 0.717) is 12.0 Å². The fourth-order valence-electron chi connectivity index (χ4n) is 2.42. The van der Waals surface area contributed by atoms with Crippen LogP contribution in [-0.4, -0.2) is 40.5 Å². The van der Waals surface area contributed by atoms with Crippen LogP contribution in [0.2, 0.25) is 0 Å². The zero-order valence-corrected chi connectivity index (χ0v) is 11.8. The number of aromatic nitrogens is 2. The van der Waals surface area contributed by atoms with E-state index in [2.05, 4.69) is 32.5 Å². The van der Waals surface area contributed by atoms with E-state index in [4.69, 9.17) is 5.84 Å². The van der Waals surface area contributed by atoms with Gasteiger partial charge in [0.15, 0.2) is 0 Å². The molecule has 1 aromatic heterocycles. The number of nitrogens with zero attached hydrogens (tertiary/aromatic N) is 3. The van der Waals surface area contributed by atoms with Gasteiger partial charge in [-0.3, -0.25) is 10.3 Å². The first kappa shape index (κ1) is 14.0. The van der Waals surface area contributed by atoms with E-state index in [1.165, 1.54) is 32.4 Å². The van der Waals surface area contributed by atoms with Gasteiger partial charge in [0.2, 0.25) is 5.95 Å². The van der Waals surface area contributed by atoms with Gasteiger partial charge in [0, 0.05) is 24.3 Å². The number of nitrogens with two attached hydrogens (primary N) is 1. The van der Waals surface area contributed by atoms with Crippen LogP contribution in [0.3, 0.4) is 0 Å². The summed E-state index contributed by atoms with van der Waals surface area (Å²) in [5, 5.41) is 3.40. The van der Waals surface area contributed by atoms with Crippen molar-refractivity contribution in [1.29, 1.82) is 0 Å². The molecule has 1 atom stereocenters. The van der Waals surface area contributed by atoms with Crippen molar-refractivity contribution in [3.05, 3.63) is 11.8 Å². The molecule has 1 unspecified atom stereocenters. The Kier molecular flexibility index (Phi) is 4.93. The maximum atomic E-state index is 5.33. The van der Waals surface area contributed by atoms with Gasteiger partial charge >= 0.3 is 0 Å². The summed E-state index contributed by atoms with van der Waals surface area (Å²) >= 11 is 0. The van der Waals surface area contributed by atoms with E-state index < -0.39 is 0 Å². The lowest BCUT2D eigenvalue weighted by Gasteiger charge is -2.32. The molecule has 1 aliphatic heterocycles. The molecule has 0 bridgehead atoms. The molecule has 0 radical (unpaired) electrons. The summed E-state index contributed by atoms with van der Waals surface area (Å²) in [6, 6.07) is 0.518. The number of piperidine rings is 1. The van der Waals surface area contributed by atoms with Crippen molar-refractivity contribution < 1.29 is 0 Å². The van der Waals surface area contributed by atoms with Crippen LogP contribution in [0, 0.1) is 6.92 Å². The van der Waals surface area contributed by atoms with Crippen molar-refractivity contribution in [2.45, 2.75) is 39.2 Å².